The molecule has 0 bridgehead atoms. The number of pyridine rings is 1. The molecule has 6 heteroatoms. The Morgan fingerprint density at radius 3 is 2.95 bits per heavy atom. The molecule has 2 atom stereocenters. The Morgan fingerprint density at radius 2 is 2.23 bits per heavy atom. The van der Waals surface area contributed by atoms with Crippen LogP contribution in [-0.4, -0.2) is 36.2 Å². The van der Waals surface area contributed by atoms with Crippen molar-refractivity contribution >= 4 is 22.3 Å². The maximum Gasteiger partial charge on any atom is 0.301 e. The monoisotopic (exact) mass is 301 g/mol. The number of nitro benzene ring substituents is 1. The molecule has 0 spiro atoms. The molecular weight excluding hydrogens is 282 g/mol. The summed E-state index contributed by atoms with van der Waals surface area (Å²) in [6, 6.07) is 7.13. The van der Waals surface area contributed by atoms with E-state index in [1.165, 1.54) is 0 Å². The smallest absolute Gasteiger partial charge is 0.301 e. The van der Waals surface area contributed by atoms with Crippen LogP contribution in [0.2, 0.25) is 0 Å². The van der Waals surface area contributed by atoms with Gasteiger partial charge in [-0.05, 0) is 36.6 Å². The molecular formula is C16H19N3O3. The number of hydrogen-bond acceptors (Lipinski definition) is 5. The fourth-order valence-corrected chi connectivity index (χ4v) is 3.13. The number of benzene rings is 1. The van der Waals surface area contributed by atoms with Gasteiger partial charge in [0.25, 0.3) is 0 Å². The van der Waals surface area contributed by atoms with Crippen LogP contribution < -0.4 is 4.90 Å². The quantitative estimate of drug-likeness (QED) is 0.644. The molecule has 2 unspecified atom stereocenters. The Morgan fingerprint density at radius 1 is 1.41 bits per heavy atom. The standard InChI is InChI=1S/C16H19N3O3/c1-11-7-9-18(10-15(11)22-2)14-6-5-13-12(4-3-8-17-13)16(14)19(20)21/h3-6,8,11,15H,7,9-10H2,1-2H3. The van der Waals surface area contributed by atoms with E-state index < -0.39 is 0 Å². The van der Waals surface area contributed by atoms with Crippen LogP contribution in [-0.2, 0) is 4.74 Å². The summed E-state index contributed by atoms with van der Waals surface area (Å²) in [6.45, 7) is 3.63. The minimum absolute atomic E-state index is 0.0953. The van der Waals surface area contributed by atoms with Gasteiger partial charge in [0.15, 0.2) is 0 Å². The average Bonchev–Trinajstić information content (AvgIpc) is 2.54. The normalized spacial score (nSPS) is 22.0. The molecule has 1 fully saturated rings. The van der Waals surface area contributed by atoms with Crippen molar-refractivity contribution < 1.29 is 9.66 Å². The molecule has 0 amide bonds. The summed E-state index contributed by atoms with van der Waals surface area (Å²) < 4.78 is 5.52. The van der Waals surface area contributed by atoms with Gasteiger partial charge in [-0.2, -0.15) is 0 Å². The van der Waals surface area contributed by atoms with Crippen molar-refractivity contribution in [3.63, 3.8) is 0 Å². The Hall–Kier alpha value is -2.21. The first kappa shape index (κ1) is 14.7. The molecule has 0 aliphatic carbocycles. The topological polar surface area (TPSA) is 68.5 Å². The summed E-state index contributed by atoms with van der Waals surface area (Å²) in [5, 5.41) is 12.2. The number of hydrogen-bond donors (Lipinski definition) is 0. The molecule has 0 radical (unpaired) electrons. The first-order chi connectivity index (χ1) is 10.6. The Bertz CT molecular complexity index is 704. The predicted molar refractivity (Wildman–Crippen MR) is 85.2 cm³/mol. The maximum atomic E-state index is 11.6. The van der Waals surface area contributed by atoms with Gasteiger partial charge in [0.2, 0.25) is 0 Å². The largest absolute Gasteiger partial charge is 0.379 e. The van der Waals surface area contributed by atoms with Gasteiger partial charge >= 0.3 is 5.69 Å². The van der Waals surface area contributed by atoms with Gasteiger partial charge in [0, 0.05) is 26.4 Å². The third kappa shape index (κ3) is 2.50. The van der Waals surface area contributed by atoms with Gasteiger partial charge in [-0.3, -0.25) is 15.1 Å². The summed E-state index contributed by atoms with van der Waals surface area (Å²) in [4.78, 5) is 17.6. The summed E-state index contributed by atoms with van der Waals surface area (Å²) in [5.41, 5.74) is 1.43. The Balaban J connectivity index is 2.07. The van der Waals surface area contributed by atoms with Crippen molar-refractivity contribution in [1.82, 2.24) is 4.98 Å². The third-order valence-electron chi connectivity index (χ3n) is 4.45. The predicted octanol–water partition coefficient (Wildman–Crippen LogP) is 3.00. The molecule has 0 N–H and O–H groups in total. The molecule has 2 heterocycles. The van der Waals surface area contributed by atoms with Gasteiger partial charge in [-0.15, -0.1) is 0 Å². The summed E-state index contributed by atoms with van der Waals surface area (Å²) in [5.74, 6) is 0.461. The number of methoxy groups -OCH3 is 1. The molecule has 1 aliphatic rings. The fourth-order valence-electron chi connectivity index (χ4n) is 3.13. The molecule has 3 rings (SSSR count). The number of rotatable bonds is 3. The van der Waals surface area contributed by atoms with Gasteiger partial charge in [-0.25, -0.2) is 0 Å². The molecule has 1 aromatic heterocycles. The lowest BCUT2D eigenvalue weighted by Gasteiger charge is -2.37. The zero-order valence-corrected chi connectivity index (χ0v) is 12.7. The van der Waals surface area contributed by atoms with Crippen LogP contribution in [0, 0.1) is 16.0 Å². The van der Waals surface area contributed by atoms with Crippen LogP contribution in [0.15, 0.2) is 30.5 Å². The van der Waals surface area contributed by atoms with Gasteiger partial charge < -0.3 is 9.64 Å². The van der Waals surface area contributed by atoms with Gasteiger partial charge in [0.05, 0.1) is 21.9 Å². The maximum absolute atomic E-state index is 11.6. The van der Waals surface area contributed by atoms with Crippen LogP contribution in [0.5, 0.6) is 0 Å². The minimum Gasteiger partial charge on any atom is -0.379 e. The SMILES string of the molecule is COC1CN(c2ccc3ncccc3c2[N+](=O)[O-])CCC1C. The highest BCUT2D eigenvalue weighted by Gasteiger charge is 2.30. The van der Waals surface area contributed by atoms with E-state index in [0.717, 1.165) is 13.0 Å². The first-order valence-corrected chi connectivity index (χ1v) is 7.41. The van der Waals surface area contributed by atoms with Crippen LogP contribution in [0.1, 0.15) is 13.3 Å². The van der Waals surface area contributed by atoms with E-state index in [0.29, 0.717) is 29.1 Å². The van der Waals surface area contributed by atoms with E-state index in [1.54, 1.807) is 31.5 Å². The average molecular weight is 301 g/mol. The lowest BCUT2D eigenvalue weighted by molar-refractivity contribution is -0.382. The number of anilines is 1. The molecule has 2 aromatic rings. The number of aromatic nitrogens is 1. The summed E-state index contributed by atoms with van der Waals surface area (Å²) >= 11 is 0. The lowest BCUT2D eigenvalue weighted by atomic mass is 9.95. The second kappa shape index (κ2) is 5.88. The number of nitro groups is 1. The number of fused-ring (bicyclic) bond motifs is 1. The molecule has 116 valence electrons. The number of nitrogens with zero attached hydrogens (tertiary/aromatic N) is 3. The van der Waals surface area contributed by atoms with E-state index >= 15 is 0 Å². The Labute approximate surface area is 128 Å². The van der Waals surface area contributed by atoms with Crippen molar-refractivity contribution in [2.45, 2.75) is 19.4 Å². The minimum atomic E-state index is -0.306. The van der Waals surface area contributed by atoms with Crippen LogP contribution >= 0.6 is 0 Å². The van der Waals surface area contributed by atoms with Crippen molar-refractivity contribution in [3.05, 3.63) is 40.6 Å². The molecule has 1 saturated heterocycles. The molecule has 6 nitrogen and oxygen atoms in total. The van der Waals surface area contributed by atoms with Crippen molar-refractivity contribution in [2.24, 2.45) is 5.92 Å². The van der Waals surface area contributed by atoms with Crippen molar-refractivity contribution in [2.75, 3.05) is 25.1 Å². The molecule has 1 aliphatic heterocycles. The van der Waals surface area contributed by atoms with Crippen LogP contribution in [0.4, 0.5) is 11.4 Å². The van der Waals surface area contributed by atoms with E-state index in [4.69, 9.17) is 4.74 Å². The van der Waals surface area contributed by atoms with Crippen molar-refractivity contribution in [3.8, 4) is 0 Å². The second-order valence-corrected chi connectivity index (χ2v) is 5.75. The Kier molecular flexibility index (Phi) is 3.94. The zero-order valence-electron chi connectivity index (χ0n) is 12.7. The molecule has 22 heavy (non-hydrogen) atoms. The van der Waals surface area contributed by atoms with Crippen LogP contribution in [0.3, 0.4) is 0 Å². The second-order valence-electron chi connectivity index (χ2n) is 5.75. The highest BCUT2D eigenvalue weighted by Crippen LogP contribution is 2.37. The molecule has 1 aromatic carbocycles. The number of ether oxygens (including phenoxy) is 1. The van der Waals surface area contributed by atoms with E-state index in [-0.39, 0.29) is 16.7 Å². The number of piperidine rings is 1. The van der Waals surface area contributed by atoms with Crippen molar-refractivity contribution in [1.29, 1.82) is 0 Å². The van der Waals surface area contributed by atoms with E-state index in [2.05, 4.69) is 16.8 Å². The van der Waals surface area contributed by atoms with Gasteiger partial charge in [-0.1, -0.05) is 6.92 Å². The highest BCUT2D eigenvalue weighted by atomic mass is 16.6. The summed E-state index contributed by atoms with van der Waals surface area (Å²) in [7, 11) is 1.70. The first-order valence-electron chi connectivity index (χ1n) is 7.41. The zero-order chi connectivity index (χ0) is 15.7. The summed E-state index contributed by atoms with van der Waals surface area (Å²) in [6.07, 6.45) is 2.70. The van der Waals surface area contributed by atoms with E-state index in [1.807, 2.05) is 6.07 Å². The fraction of sp³-hybridized carbons (Fsp3) is 0.438. The van der Waals surface area contributed by atoms with Gasteiger partial charge in [0.1, 0.15) is 5.69 Å². The lowest BCUT2D eigenvalue weighted by Crippen LogP contribution is -2.44. The highest BCUT2D eigenvalue weighted by molar-refractivity contribution is 5.94. The van der Waals surface area contributed by atoms with Crippen LogP contribution in [0.25, 0.3) is 10.9 Å². The molecule has 0 saturated carbocycles. The third-order valence-corrected chi connectivity index (χ3v) is 4.45. The van der Waals surface area contributed by atoms with E-state index in [9.17, 15) is 10.1 Å².